The molecule has 0 spiro atoms. The number of hydrogen-bond acceptors (Lipinski definition) is 3. The summed E-state index contributed by atoms with van der Waals surface area (Å²) in [5.41, 5.74) is 1.37. The van der Waals surface area contributed by atoms with E-state index in [1.165, 1.54) is 5.56 Å². The molecule has 152 valence electrons. The molecule has 0 unspecified atom stereocenters. The van der Waals surface area contributed by atoms with Crippen molar-refractivity contribution in [3.05, 3.63) is 48.0 Å². The lowest BCUT2D eigenvalue weighted by molar-refractivity contribution is -0.127. The highest BCUT2D eigenvalue weighted by atomic mass is 16.2. The number of guanidine groups is 1. The first-order chi connectivity index (χ1) is 13.6. The van der Waals surface area contributed by atoms with Crippen molar-refractivity contribution in [3.63, 3.8) is 0 Å². The van der Waals surface area contributed by atoms with Gasteiger partial charge in [0.2, 0.25) is 5.91 Å². The number of nitrogens with one attached hydrogen (secondary N) is 2. The number of piperidine rings is 1. The van der Waals surface area contributed by atoms with E-state index in [-0.39, 0.29) is 12.5 Å². The van der Waals surface area contributed by atoms with E-state index in [1.807, 2.05) is 0 Å². The highest BCUT2D eigenvalue weighted by molar-refractivity contribution is 5.85. The monoisotopic (exact) mass is 383 g/mol. The number of likely N-dealkylation sites (N-methyl/N-ethyl adjacent to an activating group) is 1. The summed E-state index contributed by atoms with van der Waals surface area (Å²) in [7, 11) is 3.53. The normalized spacial score (nSPS) is 19.0. The summed E-state index contributed by atoms with van der Waals surface area (Å²) in [6.07, 6.45) is 8.58. The minimum atomic E-state index is 0.0170. The van der Waals surface area contributed by atoms with E-state index >= 15 is 0 Å². The number of nitrogens with zero attached hydrogens (tertiary/aromatic N) is 3. The van der Waals surface area contributed by atoms with Gasteiger partial charge in [-0.3, -0.25) is 9.69 Å². The third-order valence-electron chi connectivity index (χ3n) is 5.40. The molecule has 1 amide bonds. The van der Waals surface area contributed by atoms with E-state index in [1.54, 1.807) is 19.0 Å². The van der Waals surface area contributed by atoms with Gasteiger partial charge in [-0.1, -0.05) is 42.5 Å². The molecular weight excluding hydrogens is 350 g/mol. The number of hydrogen-bond donors (Lipinski definition) is 2. The molecule has 0 radical (unpaired) electrons. The van der Waals surface area contributed by atoms with Crippen LogP contribution in [0.2, 0.25) is 0 Å². The molecule has 3 rings (SSSR count). The van der Waals surface area contributed by atoms with E-state index < -0.39 is 0 Å². The van der Waals surface area contributed by atoms with Crippen LogP contribution in [-0.4, -0.2) is 67.5 Å². The van der Waals surface area contributed by atoms with E-state index in [2.05, 4.69) is 63.0 Å². The van der Waals surface area contributed by atoms with Gasteiger partial charge in [-0.15, -0.1) is 0 Å². The second-order valence-corrected chi connectivity index (χ2v) is 7.92. The third-order valence-corrected chi connectivity index (χ3v) is 5.40. The Kier molecular flexibility index (Phi) is 7.48. The first-order valence-corrected chi connectivity index (χ1v) is 10.3. The Bertz CT molecular complexity index is 669. The van der Waals surface area contributed by atoms with Gasteiger partial charge in [0.15, 0.2) is 5.96 Å². The number of amides is 1. The second-order valence-electron chi connectivity index (χ2n) is 7.92. The third kappa shape index (κ3) is 6.37. The van der Waals surface area contributed by atoms with Crippen LogP contribution in [0.15, 0.2) is 47.5 Å². The molecule has 0 saturated carbocycles. The van der Waals surface area contributed by atoms with Gasteiger partial charge in [0.05, 0.1) is 0 Å². The van der Waals surface area contributed by atoms with Gasteiger partial charge in [-0.05, 0) is 31.2 Å². The van der Waals surface area contributed by atoms with Crippen LogP contribution in [0.3, 0.4) is 0 Å². The quantitative estimate of drug-likeness (QED) is 0.448. The van der Waals surface area contributed by atoms with Gasteiger partial charge in [0.25, 0.3) is 0 Å². The number of rotatable bonds is 6. The fourth-order valence-electron chi connectivity index (χ4n) is 3.62. The van der Waals surface area contributed by atoms with Crippen LogP contribution in [-0.2, 0) is 11.3 Å². The highest BCUT2D eigenvalue weighted by Gasteiger charge is 2.21. The molecule has 1 aliphatic carbocycles. The molecule has 1 aromatic carbocycles. The average Bonchev–Trinajstić information content (AvgIpc) is 3.21. The lowest BCUT2D eigenvalue weighted by Gasteiger charge is -2.33. The average molecular weight is 384 g/mol. The number of likely N-dealkylation sites (tertiary alicyclic amines) is 1. The summed E-state index contributed by atoms with van der Waals surface area (Å²) in [5.74, 6) is 0.786. The van der Waals surface area contributed by atoms with Crippen molar-refractivity contribution in [1.29, 1.82) is 0 Å². The predicted octanol–water partition coefficient (Wildman–Crippen LogP) is 1.99. The van der Waals surface area contributed by atoms with E-state index in [0.717, 1.165) is 51.3 Å². The fraction of sp³-hybridized carbons (Fsp3) is 0.545. The van der Waals surface area contributed by atoms with Crippen LogP contribution in [0.25, 0.3) is 0 Å². The first-order valence-electron chi connectivity index (χ1n) is 10.3. The van der Waals surface area contributed by atoms with Gasteiger partial charge in [0, 0.05) is 45.8 Å². The minimum Gasteiger partial charge on any atom is -0.354 e. The van der Waals surface area contributed by atoms with Crippen molar-refractivity contribution in [2.24, 2.45) is 4.99 Å². The van der Waals surface area contributed by atoms with E-state index in [0.29, 0.717) is 12.1 Å². The molecule has 0 atom stereocenters. The van der Waals surface area contributed by atoms with Crippen molar-refractivity contribution >= 4 is 11.9 Å². The molecular formula is C22H33N5O. The summed E-state index contributed by atoms with van der Waals surface area (Å²) >= 11 is 0. The number of aliphatic imine (C=N–C) groups is 1. The molecule has 2 N–H and O–H groups in total. The van der Waals surface area contributed by atoms with Gasteiger partial charge >= 0.3 is 0 Å². The van der Waals surface area contributed by atoms with Crippen molar-refractivity contribution < 1.29 is 4.79 Å². The maximum absolute atomic E-state index is 11.9. The molecule has 0 bridgehead atoms. The molecule has 1 heterocycles. The molecule has 1 aromatic rings. The van der Waals surface area contributed by atoms with Crippen LogP contribution in [0.5, 0.6) is 0 Å². The predicted molar refractivity (Wildman–Crippen MR) is 114 cm³/mol. The van der Waals surface area contributed by atoms with E-state index in [4.69, 9.17) is 0 Å². The SMILES string of the molecule is CN(C)C(=O)CN=C(NC1CC=CC1)NC1CCN(Cc2ccccc2)CC1. The van der Waals surface area contributed by atoms with Crippen LogP contribution >= 0.6 is 0 Å². The van der Waals surface area contributed by atoms with Crippen LogP contribution in [0.1, 0.15) is 31.2 Å². The largest absolute Gasteiger partial charge is 0.354 e. The number of benzene rings is 1. The summed E-state index contributed by atoms with van der Waals surface area (Å²) in [6, 6.07) is 11.4. The summed E-state index contributed by atoms with van der Waals surface area (Å²) in [5, 5.41) is 7.08. The van der Waals surface area contributed by atoms with Crippen LogP contribution in [0.4, 0.5) is 0 Å². The summed E-state index contributed by atoms with van der Waals surface area (Å²) in [6.45, 7) is 3.33. The van der Waals surface area contributed by atoms with Gasteiger partial charge in [-0.25, -0.2) is 4.99 Å². The maximum Gasteiger partial charge on any atom is 0.243 e. The van der Waals surface area contributed by atoms with Gasteiger partial charge in [0.1, 0.15) is 6.54 Å². The molecule has 1 aliphatic heterocycles. The second kappa shape index (κ2) is 10.3. The topological polar surface area (TPSA) is 60.0 Å². The fourth-order valence-corrected chi connectivity index (χ4v) is 3.62. The van der Waals surface area contributed by atoms with E-state index in [9.17, 15) is 4.79 Å². The number of carbonyl (C=O) groups is 1. The van der Waals surface area contributed by atoms with Crippen molar-refractivity contribution in [3.8, 4) is 0 Å². The van der Waals surface area contributed by atoms with Crippen LogP contribution in [0, 0.1) is 0 Å². The highest BCUT2D eigenvalue weighted by Crippen LogP contribution is 2.14. The van der Waals surface area contributed by atoms with Gasteiger partial charge < -0.3 is 15.5 Å². The Morgan fingerprint density at radius 2 is 1.71 bits per heavy atom. The maximum atomic E-state index is 11.9. The molecule has 0 aromatic heterocycles. The van der Waals surface area contributed by atoms with Crippen molar-refractivity contribution in [2.45, 2.75) is 44.3 Å². The zero-order chi connectivity index (χ0) is 19.8. The zero-order valence-electron chi connectivity index (χ0n) is 17.1. The zero-order valence-corrected chi connectivity index (χ0v) is 17.1. The Hall–Kier alpha value is -2.34. The molecule has 1 saturated heterocycles. The standard InChI is InChI=1S/C22H33N5O/c1-26(2)21(28)16-23-22(24-19-10-6-7-11-19)25-20-12-14-27(15-13-20)17-18-8-4-3-5-9-18/h3-9,19-20H,10-17H2,1-2H3,(H2,23,24,25). The lowest BCUT2D eigenvalue weighted by Crippen LogP contribution is -2.50. The summed E-state index contributed by atoms with van der Waals surface area (Å²) in [4.78, 5) is 20.6. The van der Waals surface area contributed by atoms with Crippen molar-refractivity contribution in [1.82, 2.24) is 20.4 Å². The molecule has 2 aliphatic rings. The minimum absolute atomic E-state index is 0.0170. The first kappa shape index (κ1) is 20.4. The smallest absolute Gasteiger partial charge is 0.243 e. The summed E-state index contributed by atoms with van der Waals surface area (Å²) < 4.78 is 0. The molecule has 28 heavy (non-hydrogen) atoms. The van der Waals surface area contributed by atoms with Gasteiger partial charge in [-0.2, -0.15) is 0 Å². The Balaban J connectivity index is 1.50. The Morgan fingerprint density at radius 3 is 2.36 bits per heavy atom. The number of carbonyl (C=O) groups excluding carboxylic acids is 1. The Morgan fingerprint density at radius 1 is 1.07 bits per heavy atom. The molecule has 6 heteroatoms. The Labute approximate surface area is 168 Å². The van der Waals surface area contributed by atoms with Crippen LogP contribution < -0.4 is 10.6 Å². The lowest BCUT2D eigenvalue weighted by atomic mass is 10.0. The molecule has 6 nitrogen and oxygen atoms in total. The molecule has 1 fully saturated rings. The van der Waals surface area contributed by atoms with Crippen molar-refractivity contribution in [2.75, 3.05) is 33.7 Å².